The van der Waals surface area contributed by atoms with Gasteiger partial charge in [0, 0.05) is 10.5 Å². The molecular weight excluding hydrogens is 324 g/mol. The van der Waals surface area contributed by atoms with Crippen LogP contribution in [0.4, 0.5) is 0 Å². The summed E-state index contributed by atoms with van der Waals surface area (Å²) in [7, 11) is 0. The molecule has 1 atom stereocenters. The molecule has 0 amide bonds. The zero-order chi connectivity index (χ0) is 12.8. The number of rotatable bonds is 6. The van der Waals surface area contributed by atoms with E-state index in [0.29, 0.717) is 23.1 Å². The Morgan fingerprint density at radius 3 is 2.82 bits per heavy atom. The first kappa shape index (κ1) is 14.7. The van der Waals surface area contributed by atoms with E-state index in [2.05, 4.69) is 34.1 Å². The molecule has 1 heterocycles. The van der Waals surface area contributed by atoms with Crippen molar-refractivity contribution in [2.24, 2.45) is 0 Å². The SMILES string of the molecule is C=CCN(CC(=C)Br)[S+]([O-])c1ccc(Cl)cn1. The Hall–Kier alpha value is -0.330. The Morgan fingerprint density at radius 2 is 2.35 bits per heavy atom. The highest BCUT2D eigenvalue weighted by Gasteiger charge is 2.22. The molecule has 0 saturated heterocycles. The van der Waals surface area contributed by atoms with Gasteiger partial charge in [0.25, 0.3) is 5.03 Å². The van der Waals surface area contributed by atoms with Crippen LogP contribution >= 0.6 is 27.5 Å². The number of aromatic nitrogens is 1. The lowest BCUT2D eigenvalue weighted by Crippen LogP contribution is -2.32. The molecule has 0 aliphatic carbocycles. The van der Waals surface area contributed by atoms with E-state index in [0.717, 1.165) is 4.48 Å². The smallest absolute Gasteiger partial charge is 0.266 e. The van der Waals surface area contributed by atoms with Gasteiger partial charge in [0.1, 0.15) is 11.4 Å². The third-order valence-electron chi connectivity index (χ3n) is 1.79. The second-order valence-electron chi connectivity index (χ2n) is 3.19. The van der Waals surface area contributed by atoms with Gasteiger partial charge in [-0.1, -0.05) is 40.2 Å². The first-order valence-corrected chi connectivity index (χ1v) is 7.05. The standard InChI is InChI=1S/C11H12BrClN2OS/c1-3-6-15(8-9(2)12)17(16)11-5-4-10(13)7-14-11/h3-5,7H,1-2,6,8H2. The first-order chi connectivity index (χ1) is 8.04. The average Bonchev–Trinajstić information content (AvgIpc) is 2.28. The Labute approximate surface area is 118 Å². The summed E-state index contributed by atoms with van der Waals surface area (Å²) in [5.41, 5.74) is 0. The zero-order valence-corrected chi connectivity index (χ0v) is 12.3. The van der Waals surface area contributed by atoms with E-state index >= 15 is 0 Å². The highest BCUT2D eigenvalue weighted by Crippen LogP contribution is 2.17. The summed E-state index contributed by atoms with van der Waals surface area (Å²) in [6.07, 6.45) is 3.16. The molecule has 0 aliphatic rings. The molecule has 0 N–H and O–H groups in total. The normalized spacial score (nSPS) is 12.5. The predicted molar refractivity (Wildman–Crippen MR) is 75.5 cm³/mol. The van der Waals surface area contributed by atoms with Crippen LogP contribution < -0.4 is 0 Å². The minimum atomic E-state index is -1.35. The fourth-order valence-corrected chi connectivity index (χ4v) is 2.81. The topological polar surface area (TPSA) is 39.2 Å². The molecule has 0 aromatic carbocycles. The molecule has 3 nitrogen and oxygen atoms in total. The quantitative estimate of drug-likeness (QED) is 0.592. The van der Waals surface area contributed by atoms with Crippen molar-refractivity contribution in [3.63, 3.8) is 0 Å². The van der Waals surface area contributed by atoms with Gasteiger partial charge in [0.2, 0.25) is 0 Å². The van der Waals surface area contributed by atoms with Crippen molar-refractivity contribution in [3.05, 3.63) is 47.1 Å². The summed E-state index contributed by atoms with van der Waals surface area (Å²) in [6.45, 7) is 8.32. The van der Waals surface area contributed by atoms with E-state index in [1.165, 1.54) is 6.20 Å². The lowest BCUT2D eigenvalue weighted by Gasteiger charge is -2.21. The summed E-state index contributed by atoms with van der Waals surface area (Å²) in [5, 5.41) is 0.982. The molecule has 1 aromatic heterocycles. The van der Waals surface area contributed by atoms with Gasteiger partial charge in [-0.05, 0) is 6.07 Å². The molecule has 17 heavy (non-hydrogen) atoms. The van der Waals surface area contributed by atoms with Crippen LogP contribution in [0.3, 0.4) is 0 Å². The van der Waals surface area contributed by atoms with Gasteiger partial charge < -0.3 is 4.55 Å². The Kier molecular flexibility index (Phi) is 6.22. The van der Waals surface area contributed by atoms with Crippen LogP contribution in [-0.2, 0) is 11.4 Å². The zero-order valence-electron chi connectivity index (χ0n) is 9.10. The third kappa shape index (κ3) is 4.81. The van der Waals surface area contributed by atoms with Crippen molar-refractivity contribution in [1.82, 2.24) is 9.29 Å². The number of nitrogens with zero attached hydrogens (tertiary/aromatic N) is 2. The molecule has 0 spiro atoms. The molecule has 0 bridgehead atoms. The number of halogens is 2. The molecule has 0 saturated carbocycles. The minimum absolute atomic E-state index is 0.461. The molecular formula is C11H12BrClN2OS. The molecule has 0 aliphatic heterocycles. The summed E-state index contributed by atoms with van der Waals surface area (Å²) in [6, 6.07) is 3.31. The predicted octanol–water partition coefficient (Wildman–Crippen LogP) is 3.15. The maximum absolute atomic E-state index is 12.2. The Morgan fingerprint density at radius 1 is 1.65 bits per heavy atom. The Balaban J connectivity index is 2.82. The van der Waals surface area contributed by atoms with Crippen molar-refractivity contribution in [1.29, 1.82) is 0 Å². The van der Waals surface area contributed by atoms with Gasteiger partial charge in [0.15, 0.2) is 0 Å². The molecule has 1 aromatic rings. The van der Waals surface area contributed by atoms with Crippen molar-refractivity contribution >= 4 is 38.9 Å². The number of hydrogen-bond acceptors (Lipinski definition) is 3. The van der Waals surface area contributed by atoms with Crippen molar-refractivity contribution in [2.45, 2.75) is 5.03 Å². The van der Waals surface area contributed by atoms with Gasteiger partial charge in [-0.2, -0.15) is 0 Å². The van der Waals surface area contributed by atoms with Gasteiger partial charge in [-0.3, -0.25) is 0 Å². The fraction of sp³-hybridized carbons (Fsp3) is 0.182. The molecule has 1 unspecified atom stereocenters. The van der Waals surface area contributed by atoms with Crippen LogP contribution in [0.5, 0.6) is 0 Å². The number of pyridine rings is 1. The van der Waals surface area contributed by atoms with Crippen molar-refractivity contribution in [2.75, 3.05) is 13.1 Å². The number of hydrogen-bond donors (Lipinski definition) is 0. The molecule has 0 fully saturated rings. The first-order valence-electron chi connectivity index (χ1n) is 4.77. The highest BCUT2D eigenvalue weighted by molar-refractivity contribution is 9.11. The van der Waals surface area contributed by atoms with Crippen LogP contribution in [0.2, 0.25) is 5.02 Å². The molecule has 6 heteroatoms. The van der Waals surface area contributed by atoms with E-state index in [-0.39, 0.29) is 0 Å². The molecule has 0 radical (unpaired) electrons. The second kappa shape index (κ2) is 7.18. The van der Waals surface area contributed by atoms with Gasteiger partial charge in [0.05, 0.1) is 24.3 Å². The lowest BCUT2D eigenvalue weighted by atomic mass is 10.5. The highest BCUT2D eigenvalue weighted by atomic mass is 79.9. The third-order valence-corrected chi connectivity index (χ3v) is 3.62. The monoisotopic (exact) mass is 334 g/mol. The molecule has 1 rings (SSSR count). The fourth-order valence-electron chi connectivity index (χ4n) is 1.12. The minimum Gasteiger partial charge on any atom is -0.591 e. The van der Waals surface area contributed by atoms with Crippen LogP contribution in [-0.4, -0.2) is 26.9 Å². The van der Waals surface area contributed by atoms with Crippen molar-refractivity contribution in [3.8, 4) is 0 Å². The van der Waals surface area contributed by atoms with Gasteiger partial charge in [-0.15, -0.1) is 10.9 Å². The van der Waals surface area contributed by atoms with Crippen molar-refractivity contribution < 1.29 is 4.55 Å². The maximum atomic E-state index is 12.2. The van der Waals surface area contributed by atoms with Crippen LogP contribution in [0.15, 0.2) is 47.1 Å². The average molecular weight is 336 g/mol. The van der Waals surface area contributed by atoms with E-state index in [1.807, 2.05) is 0 Å². The Bertz CT molecular complexity index is 399. The maximum Gasteiger partial charge on any atom is 0.266 e. The van der Waals surface area contributed by atoms with Crippen LogP contribution in [0.1, 0.15) is 0 Å². The van der Waals surface area contributed by atoms with Gasteiger partial charge >= 0.3 is 0 Å². The summed E-state index contributed by atoms with van der Waals surface area (Å²) in [5.74, 6) is 0. The van der Waals surface area contributed by atoms with E-state index in [4.69, 9.17) is 11.6 Å². The molecule has 92 valence electrons. The lowest BCUT2D eigenvalue weighted by molar-refractivity contribution is 0.469. The van der Waals surface area contributed by atoms with E-state index in [9.17, 15) is 4.55 Å². The second-order valence-corrected chi connectivity index (χ2v) is 6.18. The summed E-state index contributed by atoms with van der Waals surface area (Å²) in [4.78, 5) is 4.04. The largest absolute Gasteiger partial charge is 0.591 e. The summed E-state index contributed by atoms with van der Waals surface area (Å²) < 4.78 is 14.6. The summed E-state index contributed by atoms with van der Waals surface area (Å²) >= 11 is 7.63. The van der Waals surface area contributed by atoms with E-state index < -0.39 is 11.4 Å². The van der Waals surface area contributed by atoms with Crippen LogP contribution in [0, 0.1) is 0 Å². The van der Waals surface area contributed by atoms with Crippen LogP contribution in [0.25, 0.3) is 0 Å². The van der Waals surface area contributed by atoms with E-state index in [1.54, 1.807) is 22.5 Å². The van der Waals surface area contributed by atoms with Gasteiger partial charge in [-0.25, -0.2) is 4.98 Å².